The van der Waals surface area contributed by atoms with Crippen LogP contribution in [0.1, 0.15) is 6.92 Å². The van der Waals surface area contributed by atoms with Crippen molar-refractivity contribution in [3.05, 3.63) is 48.2 Å². The lowest BCUT2D eigenvalue weighted by atomic mass is 10.2. The van der Waals surface area contributed by atoms with Crippen LogP contribution in [0, 0.1) is 0 Å². The number of allylic oxidation sites excluding steroid dienone is 2. The minimum atomic E-state index is -0.107. The number of rotatable bonds is 9. The molecule has 7 heteroatoms. The van der Waals surface area contributed by atoms with E-state index >= 15 is 0 Å². The number of nitrogens with zero attached hydrogens (tertiary/aromatic N) is 1. The van der Waals surface area contributed by atoms with Crippen molar-refractivity contribution in [3.63, 3.8) is 0 Å². The van der Waals surface area contributed by atoms with Gasteiger partial charge >= 0.3 is 0 Å². The maximum Gasteiger partial charge on any atom is 0.116 e. The zero-order chi connectivity index (χ0) is 16.4. The molecule has 0 bridgehead atoms. The number of hydrogen-bond donors (Lipinski definition) is 4. The van der Waals surface area contributed by atoms with Crippen molar-refractivity contribution in [2.45, 2.75) is 13.1 Å². The maximum atomic E-state index is 5.74. The van der Waals surface area contributed by atoms with Crippen LogP contribution in [0.5, 0.6) is 0 Å². The second-order valence-corrected chi connectivity index (χ2v) is 4.93. The summed E-state index contributed by atoms with van der Waals surface area (Å²) in [6, 6.07) is 0. The fourth-order valence-electron chi connectivity index (χ4n) is 2.17. The molecular formula is C15H27N5O2. The summed E-state index contributed by atoms with van der Waals surface area (Å²) in [5.41, 5.74) is 13.5. The Kier molecular flexibility index (Phi) is 8.13. The van der Waals surface area contributed by atoms with Crippen LogP contribution in [0.2, 0.25) is 0 Å². The molecule has 7 nitrogen and oxygen atoms in total. The van der Waals surface area contributed by atoms with E-state index in [1.165, 1.54) is 5.57 Å². The average Bonchev–Trinajstić information content (AvgIpc) is 2.86. The Balaban J connectivity index is 2.58. The van der Waals surface area contributed by atoms with E-state index in [4.69, 9.17) is 20.9 Å². The number of hydrogen-bond acceptors (Lipinski definition) is 7. The lowest BCUT2D eigenvalue weighted by molar-refractivity contribution is 0.110. The zero-order valence-electron chi connectivity index (χ0n) is 13.3. The molecule has 0 radical (unpaired) electrons. The predicted molar refractivity (Wildman–Crippen MR) is 88.0 cm³/mol. The van der Waals surface area contributed by atoms with Gasteiger partial charge in [-0.15, -0.1) is 0 Å². The average molecular weight is 309 g/mol. The molecule has 1 aliphatic rings. The first-order chi connectivity index (χ1) is 10.6. The van der Waals surface area contributed by atoms with Crippen LogP contribution in [-0.4, -0.2) is 44.7 Å². The SMILES string of the molecule is C=C/C=C(\C)CN1CNC(=C(N)N)C1NCOC/C=C\OC. The summed E-state index contributed by atoms with van der Waals surface area (Å²) in [5.74, 6) is 0.282. The van der Waals surface area contributed by atoms with Crippen LogP contribution in [-0.2, 0) is 9.47 Å². The Morgan fingerprint density at radius 3 is 2.95 bits per heavy atom. The van der Waals surface area contributed by atoms with E-state index in [2.05, 4.69) is 29.0 Å². The van der Waals surface area contributed by atoms with Crippen LogP contribution in [0.3, 0.4) is 0 Å². The van der Waals surface area contributed by atoms with Gasteiger partial charge in [0, 0.05) is 6.54 Å². The molecule has 1 aliphatic heterocycles. The molecular weight excluding hydrogens is 282 g/mol. The van der Waals surface area contributed by atoms with Gasteiger partial charge in [0.25, 0.3) is 0 Å². The summed E-state index contributed by atoms with van der Waals surface area (Å²) in [6.07, 6.45) is 7.02. The van der Waals surface area contributed by atoms with Crippen molar-refractivity contribution >= 4 is 0 Å². The fraction of sp³-hybridized carbons (Fsp3) is 0.467. The highest BCUT2D eigenvalue weighted by Gasteiger charge is 2.30. The van der Waals surface area contributed by atoms with Crippen LogP contribution >= 0.6 is 0 Å². The third kappa shape index (κ3) is 5.80. The van der Waals surface area contributed by atoms with Crippen molar-refractivity contribution in [3.8, 4) is 0 Å². The van der Waals surface area contributed by atoms with Gasteiger partial charge in [-0.25, -0.2) is 0 Å². The normalized spacial score (nSPS) is 19.5. The first-order valence-corrected chi connectivity index (χ1v) is 7.10. The Labute approximate surface area is 132 Å². The van der Waals surface area contributed by atoms with E-state index in [1.54, 1.807) is 25.5 Å². The molecule has 0 spiro atoms. The lowest BCUT2D eigenvalue weighted by Crippen LogP contribution is -2.44. The minimum absolute atomic E-state index is 0.107. The summed E-state index contributed by atoms with van der Waals surface area (Å²) in [5, 5.41) is 6.50. The number of nitrogens with one attached hydrogen (secondary N) is 2. The number of ether oxygens (including phenoxy) is 2. The molecule has 0 aromatic carbocycles. The highest BCUT2D eigenvalue weighted by molar-refractivity contribution is 5.19. The molecule has 1 atom stereocenters. The smallest absolute Gasteiger partial charge is 0.116 e. The summed E-state index contributed by atoms with van der Waals surface area (Å²) in [7, 11) is 1.59. The zero-order valence-corrected chi connectivity index (χ0v) is 13.3. The number of methoxy groups -OCH3 is 1. The number of nitrogens with two attached hydrogens (primary N) is 2. The first kappa shape index (κ1) is 18.1. The molecule has 1 saturated heterocycles. The predicted octanol–water partition coefficient (Wildman–Crippen LogP) is 0.118. The monoisotopic (exact) mass is 309 g/mol. The van der Waals surface area contributed by atoms with E-state index in [-0.39, 0.29) is 12.0 Å². The van der Waals surface area contributed by atoms with Gasteiger partial charge in [-0.3, -0.25) is 10.2 Å². The van der Waals surface area contributed by atoms with Crippen molar-refractivity contribution in [2.75, 3.05) is 33.7 Å². The van der Waals surface area contributed by atoms with Crippen LogP contribution in [0.15, 0.2) is 48.2 Å². The molecule has 0 aliphatic carbocycles. The third-order valence-corrected chi connectivity index (χ3v) is 3.10. The topological polar surface area (TPSA) is 97.8 Å². The van der Waals surface area contributed by atoms with E-state index in [1.807, 2.05) is 6.08 Å². The van der Waals surface area contributed by atoms with Gasteiger partial charge in [-0.1, -0.05) is 24.3 Å². The van der Waals surface area contributed by atoms with E-state index in [0.29, 0.717) is 20.0 Å². The molecule has 124 valence electrons. The van der Waals surface area contributed by atoms with Crippen LogP contribution < -0.4 is 22.1 Å². The van der Waals surface area contributed by atoms with Crippen molar-refractivity contribution in [1.29, 1.82) is 0 Å². The second-order valence-electron chi connectivity index (χ2n) is 4.93. The molecule has 1 heterocycles. The van der Waals surface area contributed by atoms with E-state index in [0.717, 1.165) is 12.2 Å². The second kappa shape index (κ2) is 9.88. The maximum absolute atomic E-state index is 5.74. The van der Waals surface area contributed by atoms with E-state index in [9.17, 15) is 0 Å². The minimum Gasteiger partial charge on any atom is -0.505 e. The van der Waals surface area contributed by atoms with Crippen LogP contribution in [0.4, 0.5) is 0 Å². The quantitative estimate of drug-likeness (QED) is 0.208. The van der Waals surface area contributed by atoms with Gasteiger partial charge in [-0.05, 0) is 13.0 Å². The Morgan fingerprint density at radius 1 is 1.55 bits per heavy atom. The van der Waals surface area contributed by atoms with E-state index < -0.39 is 0 Å². The molecule has 0 aromatic rings. The molecule has 6 N–H and O–H groups in total. The summed E-state index contributed by atoms with van der Waals surface area (Å²) < 4.78 is 10.3. The van der Waals surface area contributed by atoms with Gasteiger partial charge in [-0.2, -0.15) is 0 Å². The van der Waals surface area contributed by atoms with Gasteiger partial charge in [0.1, 0.15) is 12.0 Å². The van der Waals surface area contributed by atoms with Gasteiger partial charge in [0.05, 0.1) is 39.1 Å². The summed E-state index contributed by atoms with van der Waals surface area (Å²) in [6.45, 7) is 8.04. The molecule has 0 saturated carbocycles. The van der Waals surface area contributed by atoms with Gasteiger partial charge in [0.15, 0.2) is 0 Å². The van der Waals surface area contributed by atoms with Crippen LogP contribution in [0.25, 0.3) is 0 Å². The highest BCUT2D eigenvalue weighted by Crippen LogP contribution is 2.15. The molecule has 1 fully saturated rings. The van der Waals surface area contributed by atoms with Crippen molar-refractivity contribution in [1.82, 2.24) is 15.5 Å². The van der Waals surface area contributed by atoms with Gasteiger partial charge in [0.2, 0.25) is 0 Å². The first-order valence-electron chi connectivity index (χ1n) is 7.10. The molecule has 0 aromatic heterocycles. The standard InChI is InChI=1S/C15H27N5O2/c1-4-6-12(2)9-20-10-18-13(14(16)17)15(20)19-11-22-8-5-7-21-3/h4-7,15,18-19H,1,8-11,16-17H2,2-3H3/b7-5-,12-6+. The Morgan fingerprint density at radius 2 is 2.32 bits per heavy atom. The lowest BCUT2D eigenvalue weighted by Gasteiger charge is -2.24. The fourth-order valence-corrected chi connectivity index (χ4v) is 2.17. The Hall–Kier alpha value is -1.96. The summed E-state index contributed by atoms with van der Waals surface area (Å²) in [4.78, 5) is 2.18. The van der Waals surface area contributed by atoms with Gasteiger partial charge < -0.3 is 26.3 Å². The Bertz CT molecular complexity index is 441. The molecule has 1 unspecified atom stereocenters. The van der Waals surface area contributed by atoms with Crippen molar-refractivity contribution in [2.24, 2.45) is 11.5 Å². The third-order valence-electron chi connectivity index (χ3n) is 3.10. The highest BCUT2D eigenvalue weighted by atomic mass is 16.5. The largest absolute Gasteiger partial charge is 0.505 e. The molecule has 1 rings (SSSR count). The molecule has 22 heavy (non-hydrogen) atoms. The summed E-state index contributed by atoms with van der Waals surface area (Å²) >= 11 is 0. The molecule has 0 amide bonds. The van der Waals surface area contributed by atoms with Crippen molar-refractivity contribution < 1.29 is 9.47 Å².